The summed E-state index contributed by atoms with van der Waals surface area (Å²) in [5.41, 5.74) is 2.39. The van der Waals surface area contributed by atoms with E-state index >= 15 is 0 Å². The van der Waals surface area contributed by atoms with E-state index in [1.54, 1.807) is 13.2 Å². The average molecular weight is 296 g/mol. The number of hydrogen-bond acceptors (Lipinski definition) is 3. The van der Waals surface area contributed by atoms with E-state index in [1.807, 2.05) is 22.8 Å². The van der Waals surface area contributed by atoms with Gasteiger partial charge in [0.1, 0.15) is 5.75 Å². The maximum atomic E-state index is 12.3. The molecule has 3 heterocycles. The minimum absolute atomic E-state index is 0.0757. The van der Waals surface area contributed by atoms with Gasteiger partial charge >= 0.3 is 0 Å². The van der Waals surface area contributed by atoms with Crippen LogP contribution in [-0.4, -0.2) is 24.8 Å². The fraction of sp³-hybridized carbons (Fsp3) is 0.389. The first-order valence-corrected chi connectivity index (χ1v) is 7.77. The predicted octanol–water partition coefficient (Wildman–Crippen LogP) is 1.89. The lowest BCUT2D eigenvalue weighted by atomic mass is 9.68. The summed E-state index contributed by atoms with van der Waals surface area (Å²) in [6.45, 7) is 2.52. The number of nitrogens with zero attached hydrogens (tertiary/aromatic N) is 1. The van der Waals surface area contributed by atoms with Gasteiger partial charge in [-0.05, 0) is 18.6 Å². The van der Waals surface area contributed by atoms with Crippen LogP contribution in [0.2, 0.25) is 0 Å². The fourth-order valence-corrected chi connectivity index (χ4v) is 4.17. The third-order valence-electron chi connectivity index (χ3n) is 5.13. The summed E-state index contributed by atoms with van der Waals surface area (Å²) in [7, 11) is 1.71. The number of fused-ring (bicyclic) bond motifs is 4. The van der Waals surface area contributed by atoms with Crippen LogP contribution in [-0.2, 0) is 12.0 Å². The lowest BCUT2D eigenvalue weighted by Gasteiger charge is -2.47. The molecule has 1 saturated heterocycles. The van der Waals surface area contributed by atoms with Crippen LogP contribution in [0.15, 0.2) is 47.3 Å². The van der Waals surface area contributed by atoms with Crippen LogP contribution < -0.4 is 15.6 Å². The summed E-state index contributed by atoms with van der Waals surface area (Å²) < 4.78 is 7.55. The van der Waals surface area contributed by atoms with E-state index in [4.69, 9.17) is 4.74 Å². The second kappa shape index (κ2) is 4.99. The molecule has 2 aliphatic rings. The van der Waals surface area contributed by atoms with E-state index in [-0.39, 0.29) is 11.0 Å². The Morgan fingerprint density at radius 3 is 2.95 bits per heavy atom. The molecule has 1 aromatic carbocycles. The van der Waals surface area contributed by atoms with Crippen molar-refractivity contribution in [1.82, 2.24) is 9.88 Å². The molecule has 1 aromatic heterocycles. The summed E-state index contributed by atoms with van der Waals surface area (Å²) in [6.07, 6.45) is 1.06. The highest BCUT2D eigenvalue weighted by Gasteiger charge is 2.44. The maximum Gasteiger partial charge on any atom is 0.250 e. The molecule has 0 saturated carbocycles. The minimum Gasteiger partial charge on any atom is -0.496 e. The molecule has 114 valence electrons. The Labute approximate surface area is 129 Å². The van der Waals surface area contributed by atoms with Gasteiger partial charge in [-0.1, -0.05) is 24.3 Å². The van der Waals surface area contributed by atoms with Gasteiger partial charge < -0.3 is 14.6 Å². The van der Waals surface area contributed by atoms with Gasteiger partial charge in [-0.25, -0.2) is 0 Å². The fourth-order valence-electron chi connectivity index (χ4n) is 4.17. The predicted molar refractivity (Wildman–Crippen MR) is 85.6 cm³/mol. The molecule has 0 amide bonds. The molecule has 22 heavy (non-hydrogen) atoms. The molecular formula is C18H20N2O2. The van der Waals surface area contributed by atoms with E-state index < -0.39 is 0 Å². The van der Waals surface area contributed by atoms with Crippen LogP contribution in [0.1, 0.15) is 23.6 Å². The largest absolute Gasteiger partial charge is 0.496 e. The van der Waals surface area contributed by atoms with E-state index in [9.17, 15) is 4.79 Å². The molecule has 2 aromatic rings. The van der Waals surface area contributed by atoms with Crippen molar-refractivity contribution >= 4 is 0 Å². The highest BCUT2D eigenvalue weighted by Crippen LogP contribution is 2.45. The molecule has 0 unspecified atom stereocenters. The highest BCUT2D eigenvalue weighted by atomic mass is 16.5. The van der Waals surface area contributed by atoms with Crippen molar-refractivity contribution in [2.75, 3.05) is 20.2 Å². The number of pyridine rings is 1. The van der Waals surface area contributed by atoms with Gasteiger partial charge in [0.25, 0.3) is 5.56 Å². The first-order valence-electron chi connectivity index (χ1n) is 7.77. The van der Waals surface area contributed by atoms with Crippen LogP contribution >= 0.6 is 0 Å². The smallest absolute Gasteiger partial charge is 0.250 e. The van der Waals surface area contributed by atoms with Gasteiger partial charge in [-0.15, -0.1) is 0 Å². The van der Waals surface area contributed by atoms with Crippen LogP contribution in [0.3, 0.4) is 0 Å². The molecule has 4 nitrogen and oxygen atoms in total. The van der Waals surface area contributed by atoms with Crippen molar-refractivity contribution in [3.05, 3.63) is 64.1 Å². The molecule has 2 atom stereocenters. The van der Waals surface area contributed by atoms with Crippen molar-refractivity contribution in [3.63, 3.8) is 0 Å². The summed E-state index contributed by atoms with van der Waals surface area (Å²) in [5.74, 6) is 1.29. The van der Waals surface area contributed by atoms with Crippen molar-refractivity contribution < 1.29 is 4.74 Å². The highest BCUT2D eigenvalue weighted by molar-refractivity contribution is 5.42. The van der Waals surface area contributed by atoms with Crippen molar-refractivity contribution in [2.24, 2.45) is 0 Å². The van der Waals surface area contributed by atoms with Gasteiger partial charge in [0.05, 0.1) is 7.11 Å². The SMILES string of the molecule is COc1ccccc1[C@@]12CNC[C@@H](C1)c1cccc(=O)n1C2. The number of rotatable bonds is 2. The molecule has 0 spiro atoms. The number of hydrogen-bond donors (Lipinski definition) is 1. The lowest BCUT2D eigenvalue weighted by molar-refractivity contribution is 0.202. The Morgan fingerprint density at radius 2 is 2.09 bits per heavy atom. The second-order valence-corrected chi connectivity index (χ2v) is 6.39. The third-order valence-corrected chi connectivity index (χ3v) is 5.13. The van der Waals surface area contributed by atoms with E-state index in [0.29, 0.717) is 12.5 Å². The standard InChI is InChI=1S/C18H20N2O2/c1-22-16-7-3-2-5-14(16)18-9-13(10-19-11-18)15-6-4-8-17(21)20(15)12-18/h2-8,13,19H,9-12H2,1H3/t13-,18-/m1/s1. The molecule has 4 rings (SSSR count). The zero-order valence-electron chi connectivity index (χ0n) is 12.7. The maximum absolute atomic E-state index is 12.3. The molecule has 2 bridgehead atoms. The summed E-state index contributed by atoms with van der Waals surface area (Å²) in [5, 5.41) is 3.57. The zero-order valence-corrected chi connectivity index (χ0v) is 12.7. The molecule has 1 fully saturated rings. The van der Waals surface area contributed by atoms with Gasteiger partial charge in [-0.3, -0.25) is 4.79 Å². The molecule has 1 N–H and O–H groups in total. The Bertz CT molecular complexity index is 768. The van der Waals surface area contributed by atoms with Crippen molar-refractivity contribution in [2.45, 2.75) is 24.3 Å². The number of methoxy groups -OCH3 is 1. The number of benzene rings is 1. The first kappa shape index (κ1) is 13.6. The average Bonchev–Trinajstić information content (AvgIpc) is 2.56. The summed E-state index contributed by atoms with van der Waals surface area (Å²) >= 11 is 0. The Kier molecular flexibility index (Phi) is 3.08. The second-order valence-electron chi connectivity index (χ2n) is 6.39. The zero-order chi connectivity index (χ0) is 15.2. The van der Waals surface area contributed by atoms with E-state index in [0.717, 1.165) is 31.0 Å². The van der Waals surface area contributed by atoms with E-state index in [2.05, 4.69) is 23.5 Å². The number of aromatic nitrogens is 1. The van der Waals surface area contributed by atoms with Gasteiger partial charge in [0.2, 0.25) is 0 Å². The molecule has 4 heteroatoms. The monoisotopic (exact) mass is 296 g/mol. The van der Waals surface area contributed by atoms with Crippen LogP contribution in [0.5, 0.6) is 5.75 Å². The van der Waals surface area contributed by atoms with Crippen molar-refractivity contribution in [3.8, 4) is 5.75 Å². The first-order chi connectivity index (χ1) is 10.7. The topological polar surface area (TPSA) is 43.3 Å². The van der Waals surface area contributed by atoms with Gasteiger partial charge in [0, 0.05) is 48.3 Å². The summed E-state index contributed by atoms with van der Waals surface area (Å²) in [4.78, 5) is 12.3. The molecule has 0 aliphatic carbocycles. The molecule has 2 aliphatic heterocycles. The number of ether oxygens (including phenoxy) is 1. The van der Waals surface area contributed by atoms with Crippen LogP contribution in [0, 0.1) is 0 Å². The Morgan fingerprint density at radius 1 is 1.23 bits per heavy atom. The lowest BCUT2D eigenvalue weighted by Crippen LogP contribution is -2.54. The normalized spacial score (nSPS) is 26.3. The molecular weight excluding hydrogens is 276 g/mol. The van der Waals surface area contributed by atoms with Crippen LogP contribution in [0.25, 0.3) is 0 Å². The molecule has 0 radical (unpaired) electrons. The number of nitrogens with one attached hydrogen (secondary N) is 1. The Hall–Kier alpha value is -2.07. The third kappa shape index (κ3) is 1.91. The number of para-hydroxylation sites is 1. The van der Waals surface area contributed by atoms with Gasteiger partial charge in [0.15, 0.2) is 0 Å². The quantitative estimate of drug-likeness (QED) is 0.920. The van der Waals surface area contributed by atoms with Gasteiger partial charge in [-0.2, -0.15) is 0 Å². The Balaban J connectivity index is 1.89. The summed E-state index contributed by atoms with van der Waals surface area (Å²) in [6, 6.07) is 13.8. The van der Waals surface area contributed by atoms with Crippen molar-refractivity contribution in [1.29, 1.82) is 0 Å². The van der Waals surface area contributed by atoms with E-state index in [1.165, 1.54) is 5.56 Å². The number of piperidine rings is 1. The van der Waals surface area contributed by atoms with Crippen LogP contribution in [0.4, 0.5) is 0 Å². The minimum atomic E-state index is -0.0757.